The number of aromatic nitrogens is 4. The molecule has 2 fully saturated rings. The maximum absolute atomic E-state index is 12.9. The van der Waals surface area contributed by atoms with Crippen molar-refractivity contribution in [1.82, 2.24) is 24.4 Å². The predicted octanol–water partition coefficient (Wildman–Crippen LogP) is 2.75. The van der Waals surface area contributed by atoms with Crippen LogP contribution in [0.5, 0.6) is 0 Å². The molecule has 0 radical (unpaired) electrons. The van der Waals surface area contributed by atoms with E-state index >= 15 is 0 Å². The summed E-state index contributed by atoms with van der Waals surface area (Å²) in [6, 6.07) is 5.82. The molecule has 1 aliphatic heterocycles. The van der Waals surface area contributed by atoms with Crippen molar-refractivity contribution in [3.8, 4) is 0 Å². The van der Waals surface area contributed by atoms with Crippen molar-refractivity contribution in [3.05, 3.63) is 54.2 Å². The topological polar surface area (TPSA) is 63.9 Å². The van der Waals surface area contributed by atoms with Gasteiger partial charge in [0.2, 0.25) is 0 Å². The lowest BCUT2D eigenvalue weighted by molar-refractivity contribution is 0.0780. The highest BCUT2D eigenvalue weighted by Crippen LogP contribution is 2.38. The number of nitrogens with zero attached hydrogens (tertiary/aromatic N) is 5. The maximum Gasteiger partial charge on any atom is 0.255 e. The third kappa shape index (κ3) is 2.66. The molecule has 2 atom stereocenters. The number of carbonyl (C=O) groups is 1. The van der Waals surface area contributed by atoms with Crippen LogP contribution in [0, 0.1) is 11.8 Å². The van der Waals surface area contributed by atoms with Gasteiger partial charge in [-0.2, -0.15) is 0 Å². The maximum atomic E-state index is 12.9. The van der Waals surface area contributed by atoms with Crippen LogP contribution in [-0.4, -0.2) is 43.4 Å². The highest BCUT2D eigenvalue weighted by Gasteiger charge is 2.38. The molecule has 1 amide bonds. The minimum atomic E-state index is 0.0932. The van der Waals surface area contributed by atoms with Crippen LogP contribution >= 0.6 is 0 Å². The van der Waals surface area contributed by atoms with E-state index in [-0.39, 0.29) is 5.91 Å². The van der Waals surface area contributed by atoms with Gasteiger partial charge in [0.05, 0.1) is 18.4 Å². The number of imidazole rings is 1. The van der Waals surface area contributed by atoms with Gasteiger partial charge in [0.1, 0.15) is 5.52 Å². The predicted molar refractivity (Wildman–Crippen MR) is 97.6 cm³/mol. The zero-order chi connectivity index (χ0) is 17.5. The molecule has 3 aromatic heterocycles. The second-order valence-electron chi connectivity index (χ2n) is 7.46. The Morgan fingerprint density at radius 3 is 2.77 bits per heavy atom. The quantitative estimate of drug-likeness (QED) is 0.731. The Labute approximate surface area is 151 Å². The van der Waals surface area contributed by atoms with Crippen LogP contribution in [0.4, 0.5) is 0 Å². The molecule has 4 heterocycles. The molecular weight excluding hydrogens is 326 g/mol. The number of likely N-dealkylation sites (tertiary alicyclic amines) is 1. The molecule has 1 saturated carbocycles. The smallest absolute Gasteiger partial charge is 0.255 e. The summed E-state index contributed by atoms with van der Waals surface area (Å²) >= 11 is 0. The molecular formula is C20H21N5O. The normalized spacial score (nSPS) is 22.1. The molecule has 26 heavy (non-hydrogen) atoms. The van der Waals surface area contributed by atoms with Gasteiger partial charge in [-0.1, -0.05) is 12.5 Å². The molecule has 6 heteroatoms. The van der Waals surface area contributed by atoms with Gasteiger partial charge in [-0.25, -0.2) is 9.97 Å². The minimum absolute atomic E-state index is 0.0932. The highest BCUT2D eigenvalue weighted by molar-refractivity contribution is 5.96. The fourth-order valence-corrected chi connectivity index (χ4v) is 4.45. The lowest BCUT2D eigenvalue weighted by Gasteiger charge is -2.17. The first kappa shape index (κ1) is 15.5. The Morgan fingerprint density at radius 1 is 1.15 bits per heavy atom. The van der Waals surface area contributed by atoms with E-state index in [9.17, 15) is 4.79 Å². The molecule has 2 aliphatic rings. The SMILES string of the molecule is O=C(c1cnc2c(c1)ncn2Cc1cccnc1)N1C[C@H]2CCC[C@H]2C1. The van der Waals surface area contributed by atoms with Crippen LogP contribution < -0.4 is 0 Å². The van der Waals surface area contributed by atoms with Crippen LogP contribution in [0.1, 0.15) is 35.2 Å². The molecule has 0 bridgehead atoms. The third-order valence-electron chi connectivity index (χ3n) is 5.79. The van der Waals surface area contributed by atoms with Crippen molar-refractivity contribution >= 4 is 17.1 Å². The van der Waals surface area contributed by atoms with Gasteiger partial charge in [-0.3, -0.25) is 9.78 Å². The van der Waals surface area contributed by atoms with Crippen LogP contribution in [-0.2, 0) is 6.54 Å². The van der Waals surface area contributed by atoms with Crippen LogP contribution in [0.2, 0.25) is 0 Å². The average Bonchev–Trinajstić information content (AvgIpc) is 3.36. The van der Waals surface area contributed by atoms with E-state index in [1.807, 2.05) is 33.9 Å². The van der Waals surface area contributed by atoms with Crippen LogP contribution in [0.3, 0.4) is 0 Å². The van der Waals surface area contributed by atoms with Crippen molar-refractivity contribution in [1.29, 1.82) is 0 Å². The largest absolute Gasteiger partial charge is 0.338 e. The summed E-state index contributed by atoms with van der Waals surface area (Å²) in [5, 5.41) is 0. The first-order valence-electron chi connectivity index (χ1n) is 9.27. The second-order valence-corrected chi connectivity index (χ2v) is 7.46. The monoisotopic (exact) mass is 347 g/mol. The van der Waals surface area contributed by atoms with Gasteiger partial charge >= 0.3 is 0 Å². The van der Waals surface area contributed by atoms with Gasteiger partial charge in [0, 0.05) is 31.7 Å². The summed E-state index contributed by atoms with van der Waals surface area (Å²) in [4.78, 5) is 28.0. The number of pyridine rings is 2. The van der Waals surface area contributed by atoms with E-state index < -0.39 is 0 Å². The standard InChI is InChI=1S/C20H21N5O/c26-20(24-11-15-4-1-5-16(15)12-24)17-7-18-19(22-9-17)25(13-23-18)10-14-3-2-6-21-8-14/h2-3,6-9,13,15-16H,1,4-5,10-12H2/t15-,16+. The zero-order valence-electron chi connectivity index (χ0n) is 14.6. The molecule has 0 N–H and O–H groups in total. The van der Waals surface area contributed by atoms with Crippen molar-refractivity contribution in [2.45, 2.75) is 25.8 Å². The number of carbonyl (C=O) groups excluding carboxylic acids is 1. The average molecular weight is 347 g/mol. The minimum Gasteiger partial charge on any atom is -0.338 e. The summed E-state index contributed by atoms with van der Waals surface area (Å²) in [5.74, 6) is 1.50. The number of fused-ring (bicyclic) bond motifs is 2. The van der Waals surface area contributed by atoms with E-state index in [1.165, 1.54) is 19.3 Å². The van der Waals surface area contributed by atoms with Gasteiger partial charge < -0.3 is 9.47 Å². The lowest BCUT2D eigenvalue weighted by Crippen LogP contribution is -2.29. The molecule has 0 spiro atoms. The van der Waals surface area contributed by atoms with E-state index in [0.29, 0.717) is 23.9 Å². The van der Waals surface area contributed by atoms with Crippen LogP contribution in [0.25, 0.3) is 11.2 Å². The Bertz CT molecular complexity index is 939. The zero-order valence-corrected chi connectivity index (χ0v) is 14.6. The number of hydrogen-bond donors (Lipinski definition) is 0. The molecule has 5 rings (SSSR count). The van der Waals surface area contributed by atoms with Crippen molar-refractivity contribution < 1.29 is 4.79 Å². The molecule has 3 aromatic rings. The number of amides is 1. The Balaban J connectivity index is 1.38. The van der Waals surface area contributed by atoms with Gasteiger partial charge in [-0.15, -0.1) is 0 Å². The lowest BCUT2D eigenvalue weighted by atomic mass is 10.0. The summed E-state index contributed by atoms with van der Waals surface area (Å²) in [6.45, 7) is 2.47. The molecule has 0 unspecified atom stereocenters. The fourth-order valence-electron chi connectivity index (χ4n) is 4.45. The third-order valence-corrected chi connectivity index (χ3v) is 5.79. The van der Waals surface area contributed by atoms with Crippen molar-refractivity contribution in [2.75, 3.05) is 13.1 Å². The first-order valence-corrected chi connectivity index (χ1v) is 9.27. The Morgan fingerprint density at radius 2 is 2.00 bits per heavy atom. The van der Waals surface area contributed by atoms with E-state index in [1.54, 1.807) is 18.7 Å². The van der Waals surface area contributed by atoms with Crippen LogP contribution in [0.15, 0.2) is 43.1 Å². The van der Waals surface area contributed by atoms with Crippen molar-refractivity contribution in [3.63, 3.8) is 0 Å². The van der Waals surface area contributed by atoms with Gasteiger partial charge in [-0.05, 0) is 42.4 Å². The van der Waals surface area contributed by atoms with Crippen molar-refractivity contribution in [2.24, 2.45) is 11.8 Å². The Hall–Kier alpha value is -2.76. The molecule has 0 aromatic carbocycles. The van der Waals surface area contributed by atoms with E-state index in [2.05, 4.69) is 15.0 Å². The number of hydrogen-bond acceptors (Lipinski definition) is 4. The summed E-state index contributed by atoms with van der Waals surface area (Å²) in [7, 11) is 0. The summed E-state index contributed by atoms with van der Waals surface area (Å²) < 4.78 is 1.99. The summed E-state index contributed by atoms with van der Waals surface area (Å²) in [5.41, 5.74) is 3.30. The Kier molecular flexibility index (Phi) is 3.69. The molecule has 1 saturated heterocycles. The number of rotatable bonds is 3. The second kappa shape index (κ2) is 6.20. The highest BCUT2D eigenvalue weighted by atomic mass is 16.2. The first-order chi connectivity index (χ1) is 12.8. The van der Waals surface area contributed by atoms with E-state index in [4.69, 9.17) is 0 Å². The van der Waals surface area contributed by atoms with Gasteiger partial charge in [0.25, 0.3) is 5.91 Å². The van der Waals surface area contributed by atoms with Gasteiger partial charge in [0.15, 0.2) is 5.65 Å². The molecule has 1 aliphatic carbocycles. The van der Waals surface area contributed by atoms with E-state index in [0.717, 1.165) is 29.8 Å². The summed E-state index contributed by atoms with van der Waals surface area (Å²) in [6.07, 6.45) is 10.9. The molecule has 132 valence electrons. The fraction of sp³-hybridized carbons (Fsp3) is 0.400. The molecule has 6 nitrogen and oxygen atoms in total.